The smallest absolute Gasteiger partial charge is 0.163 e. The second kappa shape index (κ2) is 8.77. The van der Waals surface area contributed by atoms with Gasteiger partial charge in [-0.25, -0.2) is 0 Å². The van der Waals surface area contributed by atoms with Crippen molar-refractivity contribution in [2.75, 3.05) is 40.4 Å². The molecule has 0 aliphatic rings. The molecule has 0 amide bonds. The van der Waals surface area contributed by atoms with Gasteiger partial charge < -0.3 is 20.1 Å². The fourth-order valence-corrected chi connectivity index (χ4v) is 2.26. The van der Waals surface area contributed by atoms with Gasteiger partial charge in [-0.2, -0.15) is 0 Å². The summed E-state index contributed by atoms with van der Waals surface area (Å²) in [6.07, 6.45) is 2.09. The summed E-state index contributed by atoms with van der Waals surface area (Å²) in [5, 5.41) is 0. The first-order chi connectivity index (χ1) is 9.26. The Morgan fingerprint density at radius 1 is 1.11 bits per heavy atom. The van der Waals surface area contributed by atoms with E-state index in [2.05, 4.69) is 17.9 Å². The van der Waals surface area contributed by atoms with Gasteiger partial charge in [0.15, 0.2) is 11.5 Å². The van der Waals surface area contributed by atoms with Crippen molar-refractivity contribution in [2.24, 2.45) is 5.73 Å². The molecule has 0 aliphatic carbocycles. The second-order valence-corrected chi connectivity index (χ2v) is 4.53. The summed E-state index contributed by atoms with van der Waals surface area (Å²) < 4.78 is 10.8. The average Bonchev–Trinajstić information content (AvgIpc) is 2.44. The van der Waals surface area contributed by atoms with E-state index in [1.165, 1.54) is 5.56 Å². The van der Waals surface area contributed by atoms with Crippen molar-refractivity contribution in [3.05, 3.63) is 23.8 Å². The van der Waals surface area contributed by atoms with Crippen LogP contribution < -0.4 is 15.2 Å². The van der Waals surface area contributed by atoms with Crippen molar-refractivity contribution in [1.29, 1.82) is 0 Å². The van der Waals surface area contributed by atoms with E-state index >= 15 is 0 Å². The molecular weight excluding hydrogens is 240 g/mol. The summed E-state index contributed by atoms with van der Waals surface area (Å²) in [6, 6.07) is 6.02. The van der Waals surface area contributed by atoms with Crippen LogP contribution in [-0.4, -0.2) is 45.3 Å². The van der Waals surface area contributed by atoms with Crippen LogP contribution in [0.3, 0.4) is 0 Å². The van der Waals surface area contributed by atoms with E-state index in [0.717, 1.165) is 44.0 Å². The SMILES string of the molecule is CCCN(CCN)CCc1cccc(OC)c1OC. The Balaban J connectivity index is 2.70. The quantitative estimate of drug-likeness (QED) is 0.742. The van der Waals surface area contributed by atoms with Crippen molar-refractivity contribution in [1.82, 2.24) is 4.90 Å². The van der Waals surface area contributed by atoms with Gasteiger partial charge in [-0.3, -0.25) is 0 Å². The van der Waals surface area contributed by atoms with E-state index in [0.29, 0.717) is 6.54 Å². The lowest BCUT2D eigenvalue weighted by molar-refractivity contribution is 0.282. The van der Waals surface area contributed by atoms with Crippen LogP contribution >= 0.6 is 0 Å². The molecule has 0 fully saturated rings. The zero-order valence-electron chi connectivity index (χ0n) is 12.3. The Labute approximate surface area is 116 Å². The van der Waals surface area contributed by atoms with Gasteiger partial charge >= 0.3 is 0 Å². The lowest BCUT2D eigenvalue weighted by Crippen LogP contribution is -2.32. The number of methoxy groups -OCH3 is 2. The average molecular weight is 266 g/mol. The van der Waals surface area contributed by atoms with Gasteiger partial charge in [-0.05, 0) is 31.0 Å². The molecule has 0 saturated carbocycles. The molecule has 0 radical (unpaired) electrons. The summed E-state index contributed by atoms with van der Waals surface area (Å²) in [6.45, 7) is 5.92. The molecule has 1 aromatic carbocycles. The summed E-state index contributed by atoms with van der Waals surface area (Å²) in [4.78, 5) is 2.39. The number of nitrogens with two attached hydrogens (primary N) is 1. The van der Waals surface area contributed by atoms with Crippen molar-refractivity contribution in [3.63, 3.8) is 0 Å². The Morgan fingerprint density at radius 2 is 1.89 bits per heavy atom. The minimum atomic E-state index is 0.704. The van der Waals surface area contributed by atoms with Crippen LogP contribution in [0, 0.1) is 0 Å². The largest absolute Gasteiger partial charge is 0.493 e. The molecule has 2 N–H and O–H groups in total. The summed E-state index contributed by atoms with van der Waals surface area (Å²) >= 11 is 0. The molecule has 0 atom stereocenters. The van der Waals surface area contributed by atoms with Gasteiger partial charge in [-0.1, -0.05) is 19.1 Å². The molecule has 0 heterocycles. The number of hydrogen-bond acceptors (Lipinski definition) is 4. The lowest BCUT2D eigenvalue weighted by Gasteiger charge is -2.21. The van der Waals surface area contributed by atoms with Crippen LogP contribution in [-0.2, 0) is 6.42 Å². The van der Waals surface area contributed by atoms with Crippen LogP contribution in [0.25, 0.3) is 0 Å². The highest BCUT2D eigenvalue weighted by Crippen LogP contribution is 2.30. The van der Waals surface area contributed by atoms with Crippen LogP contribution in [0.4, 0.5) is 0 Å². The highest BCUT2D eigenvalue weighted by Gasteiger charge is 2.10. The fraction of sp³-hybridized carbons (Fsp3) is 0.600. The highest BCUT2D eigenvalue weighted by atomic mass is 16.5. The van der Waals surface area contributed by atoms with E-state index in [9.17, 15) is 0 Å². The van der Waals surface area contributed by atoms with Gasteiger partial charge in [0.1, 0.15) is 0 Å². The first kappa shape index (κ1) is 15.8. The van der Waals surface area contributed by atoms with Crippen molar-refractivity contribution in [3.8, 4) is 11.5 Å². The van der Waals surface area contributed by atoms with Crippen molar-refractivity contribution < 1.29 is 9.47 Å². The minimum Gasteiger partial charge on any atom is -0.493 e. The van der Waals surface area contributed by atoms with Crippen LogP contribution in [0.5, 0.6) is 11.5 Å². The van der Waals surface area contributed by atoms with E-state index in [4.69, 9.17) is 15.2 Å². The van der Waals surface area contributed by atoms with Crippen molar-refractivity contribution in [2.45, 2.75) is 19.8 Å². The lowest BCUT2D eigenvalue weighted by atomic mass is 10.1. The third-order valence-corrected chi connectivity index (χ3v) is 3.17. The number of hydrogen-bond donors (Lipinski definition) is 1. The first-order valence-corrected chi connectivity index (χ1v) is 6.89. The van der Waals surface area contributed by atoms with Crippen LogP contribution in [0.15, 0.2) is 18.2 Å². The number of ether oxygens (including phenoxy) is 2. The van der Waals surface area contributed by atoms with E-state index in [-0.39, 0.29) is 0 Å². The molecule has 1 rings (SSSR count). The zero-order chi connectivity index (χ0) is 14.1. The van der Waals surface area contributed by atoms with E-state index in [1.807, 2.05) is 12.1 Å². The van der Waals surface area contributed by atoms with Gasteiger partial charge in [-0.15, -0.1) is 0 Å². The standard InChI is InChI=1S/C15H26N2O2/c1-4-10-17(12-9-16)11-8-13-6-5-7-14(18-2)15(13)19-3/h5-7H,4,8-12,16H2,1-3H3. The Morgan fingerprint density at radius 3 is 2.47 bits per heavy atom. The third kappa shape index (κ3) is 4.73. The monoisotopic (exact) mass is 266 g/mol. The van der Waals surface area contributed by atoms with Gasteiger partial charge in [0.05, 0.1) is 14.2 Å². The predicted molar refractivity (Wildman–Crippen MR) is 79.0 cm³/mol. The van der Waals surface area contributed by atoms with Gasteiger partial charge in [0.2, 0.25) is 0 Å². The molecule has 0 aromatic heterocycles. The summed E-state index contributed by atoms with van der Waals surface area (Å²) in [5.74, 6) is 1.63. The van der Waals surface area contributed by atoms with Gasteiger partial charge in [0.25, 0.3) is 0 Å². The maximum absolute atomic E-state index is 5.64. The molecule has 4 heteroatoms. The molecular formula is C15H26N2O2. The number of benzene rings is 1. The molecule has 0 unspecified atom stereocenters. The predicted octanol–water partition coefficient (Wildman–Crippen LogP) is 1.92. The number of para-hydroxylation sites is 1. The highest BCUT2D eigenvalue weighted by molar-refractivity contribution is 5.46. The number of rotatable bonds is 9. The molecule has 1 aromatic rings. The molecule has 0 spiro atoms. The normalized spacial score (nSPS) is 10.8. The Hall–Kier alpha value is -1.26. The Kier molecular flexibility index (Phi) is 7.30. The molecule has 4 nitrogen and oxygen atoms in total. The van der Waals surface area contributed by atoms with Gasteiger partial charge in [0, 0.05) is 19.6 Å². The Bertz CT molecular complexity index is 363. The first-order valence-electron chi connectivity index (χ1n) is 6.89. The van der Waals surface area contributed by atoms with Crippen LogP contribution in [0.2, 0.25) is 0 Å². The molecule has 0 saturated heterocycles. The van der Waals surface area contributed by atoms with Crippen LogP contribution in [0.1, 0.15) is 18.9 Å². The molecule has 0 aliphatic heterocycles. The third-order valence-electron chi connectivity index (χ3n) is 3.17. The molecule has 108 valence electrons. The molecule has 19 heavy (non-hydrogen) atoms. The fourth-order valence-electron chi connectivity index (χ4n) is 2.26. The van der Waals surface area contributed by atoms with Crippen molar-refractivity contribution >= 4 is 0 Å². The number of nitrogens with zero attached hydrogens (tertiary/aromatic N) is 1. The van der Waals surface area contributed by atoms with E-state index in [1.54, 1.807) is 14.2 Å². The summed E-state index contributed by atoms with van der Waals surface area (Å²) in [7, 11) is 3.35. The van der Waals surface area contributed by atoms with E-state index < -0.39 is 0 Å². The molecule has 0 bridgehead atoms. The zero-order valence-corrected chi connectivity index (χ0v) is 12.3. The second-order valence-electron chi connectivity index (χ2n) is 4.53. The minimum absolute atomic E-state index is 0.704. The topological polar surface area (TPSA) is 47.7 Å². The summed E-state index contributed by atoms with van der Waals surface area (Å²) in [5.41, 5.74) is 6.82. The maximum atomic E-state index is 5.64. The maximum Gasteiger partial charge on any atom is 0.163 e.